The zero-order valence-electron chi connectivity index (χ0n) is 11.5. The van der Waals surface area contributed by atoms with Gasteiger partial charge in [-0.25, -0.2) is 0 Å². The number of carboxylic acids is 3. The monoisotopic (exact) mass is 380 g/mol. The van der Waals surface area contributed by atoms with Crippen LogP contribution in [0.4, 0.5) is 0 Å². The van der Waals surface area contributed by atoms with Crippen molar-refractivity contribution in [2.75, 3.05) is 0 Å². The number of carboxylic acid groups (broad SMARTS) is 3. The van der Waals surface area contributed by atoms with E-state index in [2.05, 4.69) is 0 Å². The molecule has 0 aromatic rings. The smallest absolute Gasteiger partial charge is 0.547 e. The van der Waals surface area contributed by atoms with Crippen LogP contribution in [0.2, 0.25) is 0 Å². The van der Waals surface area contributed by atoms with Crippen molar-refractivity contribution in [1.29, 1.82) is 0 Å². The molecule has 0 saturated heterocycles. The molecule has 0 aliphatic carbocycles. The Kier molecular flexibility index (Phi) is 31.6. The van der Waals surface area contributed by atoms with Gasteiger partial charge in [-0.3, -0.25) is 0 Å². The van der Waals surface area contributed by atoms with Crippen LogP contribution in [0.3, 0.4) is 0 Å². The third kappa shape index (κ3) is 36.3. The maximum atomic E-state index is 9.34. The molecule has 11 heteroatoms. The van der Waals surface area contributed by atoms with E-state index in [1.807, 2.05) is 0 Å². The molecule has 0 fully saturated rings. The van der Waals surface area contributed by atoms with Gasteiger partial charge in [0.25, 0.3) is 0 Å². The number of carbonyl (C=O) groups excluding carboxylic acids is 3. The van der Waals surface area contributed by atoms with Crippen molar-refractivity contribution >= 4 is 35.5 Å². The SMILES string of the molecule is CC(O)C(=O)[O-].CC(O)C(=O)[O-].CC(O)C(=O)[O-].[Ge].[K+]. The minimum absolute atomic E-state index is 0. The predicted molar refractivity (Wildman–Crippen MR) is 55.8 cm³/mol. The fourth-order valence-electron chi connectivity index (χ4n) is 0. The Hall–Kier alpha value is 0.469. The summed E-state index contributed by atoms with van der Waals surface area (Å²) in [5, 5.41) is 51.9. The molecule has 3 N–H and O–H groups in total. The summed E-state index contributed by atoms with van der Waals surface area (Å²) in [6.45, 7) is 3.40. The van der Waals surface area contributed by atoms with E-state index >= 15 is 0 Å². The summed E-state index contributed by atoms with van der Waals surface area (Å²) in [5.41, 5.74) is 0. The van der Waals surface area contributed by atoms with E-state index in [-0.39, 0.29) is 69.0 Å². The van der Waals surface area contributed by atoms with Crippen LogP contribution < -0.4 is 66.7 Å². The van der Waals surface area contributed by atoms with Gasteiger partial charge in [-0.05, 0) is 20.8 Å². The number of rotatable bonds is 3. The van der Waals surface area contributed by atoms with Crippen LogP contribution in [0.15, 0.2) is 0 Å². The van der Waals surface area contributed by atoms with E-state index in [0.717, 1.165) is 20.8 Å². The first-order valence-corrected chi connectivity index (χ1v) is 4.60. The number of hydrogen-bond acceptors (Lipinski definition) is 9. The van der Waals surface area contributed by atoms with Gasteiger partial charge in [0.1, 0.15) is 0 Å². The average Bonchev–Trinajstić information content (AvgIpc) is 2.18. The molecule has 0 aliphatic rings. The standard InChI is InChI=1S/3C3H6O3.Ge.K/c3*1-2(4)3(5)6;;/h3*2,4H,1H3,(H,5,6);;/q;;;;+1/p-3. The molecule has 0 aromatic carbocycles. The first kappa shape index (κ1) is 32.4. The average molecular weight is 379 g/mol. The molecule has 112 valence electrons. The number of aliphatic hydroxyl groups is 3. The molecule has 3 unspecified atom stereocenters. The second-order valence-electron chi connectivity index (χ2n) is 2.99. The Morgan fingerprint density at radius 3 is 0.750 bits per heavy atom. The summed E-state index contributed by atoms with van der Waals surface area (Å²) in [6.07, 6.45) is -4.03. The number of hydrogen-bond donors (Lipinski definition) is 3. The first-order chi connectivity index (χ1) is 7.93. The van der Waals surface area contributed by atoms with Crippen LogP contribution in [0.1, 0.15) is 20.8 Å². The van der Waals surface area contributed by atoms with Crippen molar-refractivity contribution in [3.8, 4) is 0 Å². The minimum atomic E-state index is -1.44. The van der Waals surface area contributed by atoms with E-state index in [9.17, 15) is 29.7 Å². The zero-order valence-corrected chi connectivity index (χ0v) is 16.7. The topological polar surface area (TPSA) is 181 Å². The van der Waals surface area contributed by atoms with Crippen LogP contribution in [0, 0.1) is 0 Å². The quantitative estimate of drug-likeness (QED) is 0.401. The molecule has 3 atom stereocenters. The second-order valence-corrected chi connectivity index (χ2v) is 2.99. The molecule has 0 aromatic heterocycles. The van der Waals surface area contributed by atoms with Crippen LogP contribution >= 0.6 is 0 Å². The maximum absolute atomic E-state index is 9.34. The largest absolute Gasteiger partial charge is 1.00 e. The fourth-order valence-corrected chi connectivity index (χ4v) is 0. The van der Waals surface area contributed by atoms with Gasteiger partial charge in [-0.15, -0.1) is 0 Å². The Labute approximate surface area is 169 Å². The van der Waals surface area contributed by atoms with Gasteiger partial charge in [0.05, 0.1) is 36.2 Å². The van der Waals surface area contributed by atoms with Crippen LogP contribution in [0.25, 0.3) is 0 Å². The Bertz CT molecular complexity index is 225. The van der Waals surface area contributed by atoms with E-state index < -0.39 is 36.2 Å². The van der Waals surface area contributed by atoms with Crippen molar-refractivity contribution < 1.29 is 96.4 Å². The maximum Gasteiger partial charge on any atom is 1.00 e. The molecule has 0 spiro atoms. The Morgan fingerprint density at radius 2 is 0.750 bits per heavy atom. The van der Waals surface area contributed by atoms with E-state index in [1.165, 1.54) is 0 Å². The number of aliphatic carboxylic acids is 3. The molecular weight excluding hydrogens is 364 g/mol. The summed E-state index contributed by atoms with van der Waals surface area (Å²) in [7, 11) is 0. The van der Waals surface area contributed by atoms with Gasteiger partial charge in [0.15, 0.2) is 0 Å². The summed E-state index contributed by atoms with van der Waals surface area (Å²) < 4.78 is 0. The zero-order chi connectivity index (χ0) is 15.5. The normalized spacial score (nSPS) is 12.3. The molecule has 20 heavy (non-hydrogen) atoms. The molecule has 9 nitrogen and oxygen atoms in total. The molecule has 4 radical (unpaired) electrons. The van der Waals surface area contributed by atoms with Crippen LogP contribution in [-0.4, -0.2) is 69.1 Å². The summed E-state index contributed by atoms with van der Waals surface area (Å²) in [6, 6.07) is 0. The predicted octanol–water partition coefficient (Wildman–Crippen LogP) is -9.03. The summed E-state index contributed by atoms with van der Waals surface area (Å²) in [4.78, 5) is 28.0. The van der Waals surface area contributed by atoms with Gasteiger partial charge in [0, 0.05) is 17.6 Å². The van der Waals surface area contributed by atoms with Gasteiger partial charge in [0.2, 0.25) is 0 Å². The third-order valence-corrected chi connectivity index (χ3v) is 1.02. The second kappa shape index (κ2) is 19.5. The molecule has 0 saturated carbocycles. The molecule has 0 amide bonds. The molecule has 0 bridgehead atoms. The summed E-state index contributed by atoms with van der Waals surface area (Å²) >= 11 is 0. The third-order valence-electron chi connectivity index (χ3n) is 1.02. The van der Waals surface area contributed by atoms with Crippen molar-refractivity contribution in [2.45, 2.75) is 39.1 Å². The molecular formula is C9H15GeKO9-2. The van der Waals surface area contributed by atoms with Crippen molar-refractivity contribution in [3.05, 3.63) is 0 Å². The van der Waals surface area contributed by atoms with Crippen molar-refractivity contribution in [1.82, 2.24) is 0 Å². The summed E-state index contributed by atoms with van der Waals surface area (Å²) in [5.74, 6) is -4.31. The minimum Gasteiger partial charge on any atom is -0.547 e. The molecule has 0 heterocycles. The van der Waals surface area contributed by atoms with Crippen molar-refractivity contribution in [2.24, 2.45) is 0 Å². The number of carbonyl (C=O) groups is 3. The van der Waals surface area contributed by atoms with Gasteiger partial charge in [-0.2, -0.15) is 0 Å². The Balaban J connectivity index is -0.0000000536. The Morgan fingerprint density at radius 1 is 0.700 bits per heavy atom. The first-order valence-electron chi connectivity index (χ1n) is 4.60. The van der Waals surface area contributed by atoms with E-state index in [0.29, 0.717) is 0 Å². The molecule has 0 aliphatic heterocycles. The van der Waals surface area contributed by atoms with Gasteiger partial charge >= 0.3 is 51.4 Å². The van der Waals surface area contributed by atoms with Crippen LogP contribution in [0.5, 0.6) is 0 Å². The number of aliphatic hydroxyl groups excluding tert-OH is 3. The van der Waals surface area contributed by atoms with E-state index in [4.69, 9.17) is 15.3 Å². The van der Waals surface area contributed by atoms with Gasteiger partial charge < -0.3 is 45.0 Å². The van der Waals surface area contributed by atoms with Crippen LogP contribution in [-0.2, 0) is 14.4 Å². The molecule has 0 rings (SSSR count). The fraction of sp³-hybridized carbons (Fsp3) is 0.667. The van der Waals surface area contributed by atoms with Gasteiger partial charge in [-0.1, -0.05) is 0 Å². The van der Waals surface area contributed by atoms with E-state index in [1.54, 1.807) is 0 Å². The van der Waals surface area contributed by atoms with Crippen molar-refractivity contribution in [3.63, 3.8) is 0 Å².